The number of hydrogen-bond donors (Lipinski definition) is 3. The van der Waals surface area contributed by atoms with Crippen LogP contribution in [0.1, 0.15) is 18.1 Å². The number of nitrogens with zero attached hydrogens (tertiary/aromatic N) is 1. The van der Waals surface area contributed by atoms with Crippen molar-refractivity contribution in [1.82, 2.24) is 4.90 Å². The zero-order valence-corrected chi connectivity index (χ0v) is 18.9. The Hall–Kier alpha value is -1.82. The van der Waals surface area contributed by atoms with Gasteiger partial charge in [-0.3, -0.25) is 9.11 Å². The van der Waals surface area contributed by atoms with E-state index in [4.69, 9.17) is 14.8 Å². The highest BCUT2D eigenvalue weighted by molar-refractivity contribution is 7.86. The van der Waals surface area contributed by atoms with Crippen LogP contribution in [0.15, 0.2) is 58.3 Å². The predicted molar refractivity (Wildman–Crippen MR) is 114 cm³/mol. The molecule has 2 rings (SSSR count). The maximum atomic E-state index is 10.5. The minimum absolute atomic E-state index is 0.0666. The minimum atomic E-state index is -4.02. The van der Waals surface area contributed by atoms with Crippen LogP contribution in [0.3, 0.4) is 0 Å². The minimum Gasteiger partial charge on any atom is -0.327 e. The van der Waals surface area contributed by atoms with Crippen molar-refractivity contribution in [2.24, 2.45) is 5.73 Å². The van der Waals surface area contributed by atoms with Crippen LogP contribution in [0.25, 0.3) is 0 Å². The van der Waals surface area contributed by atoms with Gasteiger partial charge in [0.1, 0.15) is 0 Å². The van der Waals surface area contributed by atoms with Crippen LogP contribution in [-0.2, 0) is 20.2 Å². The molecule has 0 saturated carbocycles. The molecule has 2 aromatic rings. The number of nitrogens with two attached hydrogens (primary N) is 1. The molecule has 0 aromatic heterocycles. The summed E-state index contributed by atoms with van der Waals surface area (Å²) in [6.07, 6.45) is 0. The fourth-order valence-corrected chi connectivity index (χ4v) is 2.96. The number of rotatable bonds is 4. The molecule has 0 aliphatic carbocycles. The Morgan fingerprint density at radius 2 is 1.07 bits per heavy atom. The summed E-state index contributed by atoms with van der Waals surface area (Å²) >= 11 is 0. The van der Waals surface area contributed by atoms with E-state index in [2.05, 4.69) is 4.90 Å². The lowest BCUT2D eigenvalue weighted by molar-refractivity contribution is 0.383. The van der Waals surface area contributed by atoms with Crippen molar-refractivity contribution in [3.63, 3.8) is 0 Å². The van der Waals surface area contributed by atoms with Crippen molar-refractivity contribution < 1.29 is 25.9 Å². The molecule has 29 heavy (non-hydrogen) atoms. The van der Waals surface area contributed by atoms with Gasteiger partial charge in [-0.05, 0) is 59.1 Å². The third-order valence-corrected chi connectivity index (χ3v) is 5.03. The Morgan fingerprint density at radius 1 is 0.793 bits per heavy atom. The van der Waals surface area contributed by atoms with Crippen molar-refractivity contribution in [2.75, 3.05) is 20.6 Å². The largest absolute Gasteiger partial charge is 0.327 e. The Labute approximate surface area is 173 Å². The van der Waals surface area contributed by atoms with Crippen molar-refractivity contribution in [3.8, 4) is 0 Å². The van der Waals surface area contributed by atoms with Crippen LogP contribution in [0.2, 0.25) is 0 Å². The predicted octanol–water partition coefficient (Wildman–Crippen LogP) is 2.38. The summed E-state index contributed by atoms with van der Waals surface area (Å²) in [5, 5.41) is 0. The van der Waals surface area contributed by atoms with E-state index in [-0.39, 0.29) is 9.79 Å². The lowest BCUT2D eigenvalue weighted by Crippen LogP contribution is -2.29. The summed E-state index contributed by atoms with van der Waals surface area (Å²) in [7, 11) is -4.00. The van der Waals surface area contributed by atoms with Gasteiger partial charge in [0, 0.05) is 12.6 Å². The fourth-order valence-electron chi connectivity index (χ4n) is 2.00. The highest BCUT2D eigenvalue weighted by atomic mass is 32.2. The zero-order valence-electron chi connectivity index (χ0n) is 17.3. The van der Waals surface area contributed by atoms with E-state index in [9.17, 15) is 16.8 Å². The second kappa shape index (κ2) is 12.0. The maximum absolute atomic E-state index is 10.5. The van der Waals surface area contributed by atoms with Gasteiger partial charge in [-0.25, -0.2) is 0 Å². The molecule has 0 spiro atoms. The van der Waals surface area contributed by atoms with Crippen LogP contribution < -0.4 is 5.73 Å². The third-order valence-electron chi connectivity index (χ3n) is 3.29. The van der Waals surface area contributed by atoms with E-state index in [1.165, 1.54) is 24.3 Å². The summed E-state index contributed by atoms with van der Waals surface area (Å²) in [6.45, 7) is 6.65. The van der Waals surface area contributed by atoms with Crippen LogP contribution in [0, 0.1) is 13.8 Å². The van der Waals surface area contributed by atoms with E-state index in [0.717, 1.165) is 17.7 Å². The quantitative estimate of drug-likeness (QED) is 0.609. The molecule has 0 aliphatic rings. The molecular weight excluding hydrogens is 416 g/mol. The normalized spacial score (nSPS) is 12.3. The summed E-state index contributed by atoms with van der Waals surface area (Å²) < 4.78 is 59.1. The first-order valence-electron chi connectivity index (χ1n) is 8.61. The molecule has 2 aromatic carbocycles. The molecule has 0 fully saturated rings. The molecule has 8 nitrogen and oxygen atoms in total. The maximum Gasteiger partial charge on any atom is 0.294 e. The van der Waals surface area contributed by atoms with E-state index in [1.807, 2.05) is 34.9 Å². The van der Waals surface area contributed by atoms with Crippen LogP contribution in [0.5, 0.6) is 0 Å². The molecule has 4 N–H and O–H groups in total. The number of aryl methyl sites for hydroxylation is 2. The van der Waals surface area contributed by atoms with E-state index >= 15 is 0 Å². The second-order valence-corrected chi connectivity index (χ2v) is 9.66. The third kappa shape index (κ3) is 13.1. The smallest absolute Gasteiger partial charge is 0.294 e. The topological polar surface area (TPSA) is 138 Å². The monoisotopic (exact) mass is 446 g/mol. The molecule has 0 saturated heterocycles. The molecule has 0 bridgehead atoms. The van der Waals surface area contributed by atoms with Gasteiger partial charge in [-0.1, -0.05) is 35.4 Å². The lowest BCUT2D eigenvalue weighted by Gasteiger charge is -2.11. The highest BCUT2D eigenvalue weighted by Crippen LogP contribution is 2.09. The molecule has 0 aliphatic heterocycles. The van der Waals surface area contributed by atoms with E-state index in [0.29, 0.717) is 6.04 Å². The number of likely N-dealkylation sites (N-methyl/N-ethyl adjacent to an activating group) is 1. The van der Waals surface area contributed by atoms with Crippen molar-refractivity contribution >= 4 is 20.2 Å². The average Bonchev–Trinajstić information content (AvgIpc) is 2.54. The zero-order chi connectivity index (χ0) is 22.8. The van der Waals surface area contributed by atoms with E-state index < -0.39 is 20.2 Å². The fraction of sp³-hybridized carbons (Fsp3) is 0.368. The molecule has 164 valence electrons. The van der Waals surface area contributed by atoms with Gasteiger partial charge < -0.3 is 10.6 Å². The molecule has 0 heterocycles. The Bertz CT molecular complexity index is 858. The summed E-state index contributed by atoms with van der Waals surface area (Å²) in [5.41, 5.74) is 7.36. The summed E-state index contributed by atoms with van der Waals surface area (Å²) in [5.74, 6) is 0. The van der Waals surface area contributed by atoms with Gasteiger partial charge in [0.2, 0.25) is 0 Å². The van der Waals surface area contributed by atoms with Gasteiger partial charge in [-0.2, -0.15) is 16.8 Å². The molecule has 0 unspecified atom stereocenters. The molecule has 1 atom stereocenters. The Morgan fingerprint density at radius 3 is 1.21 bits per heavy atom. The summed E-state index contributed by atoms with van der Waals surface area (Å²) in [4.78, 5) is 1.94. The number of hydrogen-bond acceptors (Lipinski definition) is 6. The lowest BCUT2D eigenvalue weighted by atomic mass is 10.2. The standard InChI is InChI=1S/2C7H8O3S.C5H14N2/c2*1-6-2-4-7(5-3-6)11(8,9)10;1-5(6)4-7(2)3/h2*2-5H,1H3,(H,8,9,10);5H,4,6H2,1-3H3/t;;5-/m..1/s1. The molecule has 0 amide bonds. The SMILES string of the molecule is C[C@@H](N)CN(C)C.Cc1ccc(S(=O)(=O)O)cc1.Cc1ccc(S(=O)(=O)O)cc1. The van der Waals surface area contributed by atoms with Gasteiger partial charge in [0.15, 0.2) is 0 Å². The van der Waals surface area contributed by atoms with E-state index in [1.54, 1.807) is 24.3 Å². The number of benzene rings is 2. The second-order valence-electron chi connectivity index (χ2n) is 6.82. The van der Waals surface area contributed by atoms with Crippen molar-refractivity contribution in [3.05, 3.63) is 59.7 Å². The highest BCUT2D eigenvalue weighted by Gasteiger charge is 2.07. The first-order chi connectivity index (χ1) is 13.1. The summed E-state index contributed by atoms with van der Waals surface area (Å²) in [6, 6.07) is 12.3. The van der Waals surface area contributed by atoms with Crippen molar-refractivity contribution in [2.45, 2.75) is 36.6 Å². The first-order valence-corrected chi connectivity index (χ1v) is 11.5. The molecule has 0 radical (unpaired) electrons. The van der Waals surface area contributed by atoms with Gasteiger partial charge >= 0.3 is 0 Å². The van der Waals surface area contributed by atoms with Crippen molar-refractivity contribution in [1.29, 1.82) is 0 Å². The van der Waals surface area contributed by atoms with Gasteiger partial charge in [0.25, 0.3) is 20.2 Å². The molecular formula is C19H30N2O6S2. The first kappa shape index (κ1) is 27.2. The molecule has 10 heteroatoms. The average molecular weight is 447 g/mol. The van der Waals surface area contributed by atoms with Gasteiger partial charge in [0.05, 0.1) is 9.79 Å². The Balaban J connectivity index is 0.000000419. The van der Waals surface area contributed by atoms with Gasteiger partial charge in [-0.15, -0.1) is 0 Å². The Kier molecular flexibility index (Phi) is 11.3. The van der Waals surface area contributed by atoms with Crippen LogP contribution in [-0.4, -0.2) is 57.5 Å². The van der Waals surface area contributed by atoms with Crippen LogP contribution >= 0.6 is 0 Å². The van der Waals surface area contributed by atoms with Crippen LogP contribution in [0.4, 0.5) is 0 Å².